The molecule has 1 aromatic rings. The summed E-state index contributed by atoms with van der Waals surface area (Å²) in [6.07, 6.45) is 3.52. The van der Waals surface area contributed by atoms with Crippen molar-refractivity contribution in [2.75, 3.05) is 12.4 Å². The van der Waals surface area contributed by atoms with Crippen molar-refractivity contribution in [2.24, 2.45) is 5.92 Å². The Labute approximate surface area is 128 Å². The highest BCUT2D eigenvalue weighted by Crippen LogP contribution is 2.19. The molecule has 0 saturated heterocycles. The standard InChI is InChI=1S/C14H20ClN3O3/c1-5-6-18-13(19)12(15)11(8-16-18)17-10(7-9(2)3)14(20)21-4/h5,8-10,17H,1,6-7H2,2-4H3. The quantitative estimate of drug-likeness (QED) is 0.616. The molecule has 1 unspecified atom stereocenters. The molecule has 0 spiro atoms. The number of anilines is 1. The van der Waals surface area contributed by atoms with E-state index in [2.05, 4.69) is 17.0 Å². The van der Waals surface area contributed by atoms with E-state index in [4.69, 9.17) is 16.3 Å². The highest BCUT2D eigenvalue weighted by atomic mass is 35.5. The zero-order chi connectivity index (χ0) is 16.0. The smallest absolute Gasteiger partial charge is 0.328 e. The Hall–Kier alpha value is -1.82. The van der Waals surface area contributed by atoms with Crippen LogP contribution in [0.3, 0.4) is 0 Å². The third-order valence-electron chi connectivity index (χ3n) is 2.81. The molecule has 0 amide bonds. The zero-order valence-corrected chi connectivity index (χ0v) is 13.2. The maximum Gasteiger partial charge on any atom is 0.328 e. The van der Waals surface area contributed by atoms with Crippen LogP contribution in [-0.4, -0.2) is 28.9 Å². The van der Waals surface area contributed by atoms with Crippen LogP contribution in [0.25, 0.3) is 0 Å². The van der Waals surface area contributed by atoms with E-state index in [-0.39, 0.29) is 17.5 Å². The van der Waals surface area contributed by atoms with E-state index < -0.39 is 17.6 Å². The van der Waals surface area contributed by atoms with Gasteiger partial charge < -0.3 is 10.1 Å². The second-order valence-electron chi connectivity index (χ2n) is 5.00. The summed E-state index contributed by atoms with van der Waals surface area (Å²) in [7, 11) is 1.32. The number of methoxy groups -OCH3 is 1. The van der Waals surface area contributed by atoms with Crippen LogP contribution in [0.4, 0.5) is 5.69 Å². The van der Waals surface area contributed by atoms with Crippen molar-refractivity contribution < 1.29 is 9.53 Å². The number of ether oxygens (including phenoxy) is 1. The fourth-order valence-corrected chi connectivity index (χ4v) is 2.03. The number of aromatic nitrogens is 2. The van der Waals surface area contributed by atoms with Crippen LogP contribution in [0.1, 0.15) is 20.3 Å². The van der Waals surface area contributed by atoms with Gasteiger partial charge in [-0.3, -0.25) is 4.79 Å². The molecule has 1 rings (SSSR count). The van der Waals surface area contributed by atoms with E-state index in [1.54, 1.807) is 6.08 Å². The van der Waals surface area contributed by atoms with Gasteiger partial charge in [-0.15, -0.1) is 6.58 Å². The Morgan fingerprint density at radius 3 is 2.81 bits per heavy atom. The predicted molar refractivity (Wildman–Crippen MR) is 82.6 cm³/mol. The topological polar surface area (TPSA) is 73.2 Å². The van der Waals surface area contributed by atoms with Crippen molar-refractivity contribution in [3.05, 3.63) is 34.2 Å². The van der Waals surface area contributed by atoms with Gasteiger partial charge in [0, 0.05) is 0 Å². The highest BCUT2D eigenvalue weighted by molar-refractivity contribution is 6.33. The molecule has 6 nitrogen and oxygen atoms in total. The van der Waals surface area contributed by atoms with Gasteiger partial charge >= 0.3 is 5.97 Å². The van der Waals surface area contributed by atoms with Gasteiger partial charge in [0.05, 0.1) is 25.5 Å². The third kappa shape index (κ3) is 4.60. The molecular formula is C14H20ClN3O3. The van der Waals surface area contributed by atoms with Gasteiger partial charge in [-0.05, 0) is 12.3 Å². The fraction of sp³-hybridized carbons (Fsp3) is 0.500. The molecule has 1 atom stereocenters. The number of halogens is 1. The lowest BCUT2D eigenvalue weighted by Crippen LogP contribution is -2.33. The van der Waals surface area contributed by atoms with Crippen LogP contribution in [0.2, 0.25) is 5.02 Å². The molecule has 0 radical (unpaired) electrons. The average Bonchev–Trinajstić information content (AvgIpc) is 2.44. The van der Waals surface area contributed by atoms with Crippen LogP contribution in [-0.2, 0) is 16.1 Å². The maximum absolute atomic E-state index is 12.0. The maximum atomic E-state index is 12.0. The number of carbonyl (C=O) groups excluding carboxylic acids is 1. The molecule has 0 aliphatic rings. The van der Waals surface area contributed by atoms with Crippen LogP contribution < -0.4 is 10.9 Å². The van der Waals surface area contributed by atoms with Crippen molar-refractivity contribution in [1.29, 1.82) is 0 Å². The minimum atomic E-state index is -0.580. The number of carbonyl (C=O) groups is 1. The van der Waals surface area contributed by atoms with E-state index in [0.717, 1.165) is 0 Å². The minimum Gasteiger partial charge on any atom is -0.467 e. The van der Waals surface area contributed by atoms with E-state index in [9.17, 15) is 9.59 Å². The van der Waals surface area contributed by atoms with E-state index in [0.29, 0.717) is 12.1 Å². The fourth-order valence-electron chi connectivity index (χ4n) is 1.83. The Kier molecular flexibility index (Phi) is 6.42. The van der Waals surface area contributed by atoms with Gasteiger partial charge in [-0.25, -0.2) is 9.48 Å². The summed E-state index contributed by atoms with van der Waals surface area (Å²) < 4.78 is 5.95. The average molecular weight is 314 g/mol. The van der Waals surface area contributed by atoms with Crippen molar-refractivity contribution in [3.63, 3.8) is 0 Å². The number of esters is 1. The minimum absolute atomic E-state index is 0.00971. The first kappa shape index (κ1) is 17.2. The molecule has 116 valence electrons. The van der Waals surface area contributed by atoms with Crippen molar-refractivity contribution in [3.8, 4) is 0 Å². The number of nitrogens with one attached hydrogen (secondary N) is 1. The lowest BCUT2D eigenvalue weighted by atomic mass is 10.0. The molecule has 0 saturated carbocycles. The molecule has 1 heterocycles. The van der Waals surface area contributed by atoms with Crippen LogP contribution in [0.5, 0.6) is 0 Å². The molecule has 0 aliphatic carbocycles. The lowest BCUT2D eigenvalue weighted by Gasteiger charge is -2.20. The first-order valence-corrected chi connectivity index (χ1v) is 6.99. The second-order valence-corrected chi connectivity index (χ2v) is 5.38. The van der Waals surface area contributed by atoms with Gasteiger partial charge in [0.25, 0.3) is 5.56 Å². The molecule has 7 heteroatoms. The number of nitrogens with zero attached hydrogens (tertiary/aromatic N) is 2. The number of allylic oxidation sites excluding steroid dienone is 1. The molecule has 0 bridgehead atoms. The number of rotatable bonds is 7. The lowest BCUT2D eigenvalue weighted by molar-refractivity contribution is -0.141. The van der Waals surface area contributed by atoms with Crippen LogP contribution in [0, 0.1) is 5.92 Å². The molecule has 21 heavy (non-hydrogen) atoms. The number of hydrogen-bond acceptors (Lipinski definition) is 5. The van der Waals surface area contributed by atoms with Crippen molar-refractivity contribution in [1.82, 2.24) is 9.78 Å². The zero-order valence-electron chi connectivity index (χ0n) is 12.4. The molecule has 0 fully saturated rings. The Balaban J connectivity index is 3.04. The van der Waals surface area contributed by atoms with Crippen molar-refractivity contribution in [2.45, 2.75) is 32.9 Å². The molecule has 1 aromatic heterocycles. The molecule has 0 aliphatic heterocycles. The second kappa shape index (κ2) is 7.83. The largest absolute Gasteiger partial charge is 0.467 e. The highest BCUT2D eigenvalue weighted by Gasteiger charge is 2.22. The van der Waals surface area contributed by atoms with E-state index in [1.807, 2.05) is 13.8 Å². The third-order valence-corrected chi connectivity index (χ3v) is 3.17. The Bertz CT molecular complexity index is 569. The first-order valence-electron chi connectivity index (χ1n) is 6.61. The van der Waals surface area contributed by atoms with Crippen molar-refractivity contribution >= 4 is 23.3 Å². The monoisotopic (exact) mass is 313 g/mol. The molecule has 0 aromatic carbocycles. The van der Waals surface area contributed by atoms with E-state index in [1.165, 1.54) is 18.0 Å². The summed E-state index contributed by atoms with van der Waals surface area (Å²) in [6.45, 7) is 7.79. The Morgan fingerprint density at radius 2 is 2.29 bits per heavy atom. The summed E-state index contributed by atoms with van der Waals surface area (Å²) in [5, 5.41) is 6.90. The van der Waals surface area contributed by atoms with Crippen LogP contribution >= 0.6 is 11.6 Å². The summed E-state index contributed by atoms with van der Waals surface area (Å²) in [6, 6.07) is -0.580. The van der Waals surface area contributed by atoms with Gasteiger partial charge in [0.1, 0.15) is 11.1 Å². The van der Waals surface area contributed by atoms with Gasteiger partial charge in [0.15, 0.2) is 0 Å². The van der Waals surface area contributed by atoms with E-state index >= 15 is 0 Å². The first-order chi connectivity index (χ1) is 9.90. The normalized spacial score (nSPS) is 12.0. The molecule has 1 N–H and O–H groups in total. The van der Waals surface area contributed by atoms with Gasteiger partial charge in [0.2, 0.25) is 0 Å². The predicted octanol–water partition coefficient (Wildman–Crippen LogP) is 2.08. The number of hydrogen-bond donors (Lipinski definition) is 1. The summed E-state index contributed by atoms with van der Waals surface area (Å²) in [5.74, 6) is -0.135. The summed E-state index contributed by atoms with van der Waals surface area (Å²) in [4.78, 5) is 23.8. The summed E-state index contributed by atoms with van der Waals surface area (Å²) in [5.41, 5.74) is -0.118. The SMILES string of the molecule is C=CCn1ncc(NC(CC(C)C)C(=O)OC)c(Cl)c1=O. The van der Waals surface area contributed by atoms with Crippen LogP contribution in [0.15, 0.2) is 23.6 Å². The summed E-state index contributed by atoms with van der Waals surface area (Å²) >= 11 is 6.04. The molecular weight excluding hydrogens is 294 g/mol. The Morgan fingerprint density at radius 1 is 1.62 bits per heavy atom. The van der Waals surface area contributed by atoms with Gasteiger partial charge in [-0.1, -0.05) is 31.5 Å². The van der Waals surface area contributed by atoms with Gasteiger partial charge in [-0.2, -0.15) is 5.10 Å².